The first-order chi connectivity index (χ1) is 13.7. The molecular formula is C21H25N3O4. The molecule has 0 radical (unpaired) electrons. The maximum absolute atomic E-state index is 12.6. The first kappa shape index (κ1) is 19.7. The van der Waals surface area contributed by atoms with Gasteiger partial charge in [0.05, 0.1) is 13.1 Å². The van der Waals surface area contributed by atoms with Crippen molar-refractivity contribution >= 4 is 17.6 Å². The molecule has 0 bridgehead atoms. The van der Waals surface area contributed by atoms with Crippen LogP contribution in [0.5, 0.6) is 5.75 Å². The SMILES string of the molecule is COCC(=O)Nc1ccc2c(c1)CN(C(=O)NCCc1ccccc1)CCO2. The Bertz CT molecular complexity index is 811. The third-order valence-electron chi connectivity index (χ3n) is 4.42. The van der Waals surface area contributed by atoms with Gasteiger partial charge >= 0.3 is 6.03 Å². The lowest BCUT2D eigenvalue weighted by molar-refractivity contribution is -0.119. The van der Waals surface area contributed by atoms with E-state index in [1.807, 2.05) is 42.5 Å². The third kappa shape index (κ3) is 5.47. The molecular weight excluding hydrogens is 358 g/mol. The summed E-state index contributed by atoms with van der Waals surface area (Å²) in [5.41, 5.74) is 2.69. The number of ether oxygens (including phenoxy) is 2. The summed E-state index contributed by atoms with van der Waals surface area (Å²) in [4.78, 5) is 26.0. The summed E-state index contributed by atoms with van der Waals surface area (Å²) < 4.78 is 10.6. The van der Waals surface area contributed by atoms with Gasteiger partial charge in [-0.05, 0) is 30.2 Å². The molecule has 1 aliphatic heterocycles. The van der Waals surface area contributed by atoms with Gasteiger partial charge < -0.3 is 25.0 Å². The van der Waals surface area contributed by atoms with Crippen LogP contribution in [-0.4, -0.2) is 50.3 Å². The molecule has 7 heteroatoms. The Labute approximate surface area is 164 Å². The largest absolute Gasteiger partial charge is 0.491 e. The first-order valence-electron chi connectivity index (χ1n) is 9.27. The maximum Gasteiger partial charge on any atom is 0.317 e. The molecule has 1 aliphatic rings. The van der Waals surface area contributed by atoms with Gasteiger partial charge in [-0.2, -0.15) is 0 Å². The Balaban J connectivity index is 1.59. The van der Waals surface area contributed by atoms with Crippen molar-refractivity contribution in [3.8, 4) is 5.75 Å². The minimum Gasteiger partial charge on any atom is -0.491 e. The van der Waals surface area contributed by atoms with Gasteiger partial charge in [0.1, 0.15) is 19.0 Å². The number of carbonyl (C=O) groups is 2. The lowest BCUT2D eigenvalue weighted by atomic mass is 10.1. The Hall–Kier alpha value is -3.06. The van der Waals surface area contributed by atoms with Crippen molar-refractivity contribution in [2.45, 2.75) is 13.0 Å². The topological polar surface area (TPSA) is 79.9 Å². The van der Waals surface area contributed by atoms with E-state index in [-0.39, 0.29) is 18.5 Å². The fourth-order valence-corrected chi connectivity index (χ4v) is 3.04. The summed E-state index contributed by atoms with van der Waals surface area (Å²) in [7, 11) is 1.47. The first-order valence-corrected chi connectivity index (χ1v) is 9.27. The number of nitrogens with zero attached hydrogens (tertiary/aromatic N) is 1. The number of urea groups is 1. The Kier molecular flexibility index (Phi) is 6.86. The molecule has 28 heavy (non-hydrogen) atoms. The number of hydrogen-bond donors (Lipinski definition) is 2. The summed E-state index contributed by atoms with van der Waals surface area (Å²) in [6.45, 7) is 1.90. The van der Waals surface area contributed by atoms with E-state index in [1.54, 1.807) is 11.0 Å². The van der Waals surface area contributed by atoms with Crippen LogP contribution in [0.4, 0.5) is 10.5 Å². The number of methoxy groups -OCH3 is 1. The highest BCUT2D eigenvalue weighted by molar-refractivity contribution is 5.91. The van der Waals surface area contributed by atoms with Gasteiger partial charge in [-0.25, -0.2) is 4.79 Å². The molecule has 2 N–H and O–H groups in total. The van der Waals surface area contributed by atoms with E-state index in [0.717, 1.165) is 17.7 Å². The molecule has 1 heterocycles. The zero-order chi connectivity index (χ0) is 19.8. The lowest BCUT2D eigenvalue weighted by Crippen LogP contribution is -2.41. The standard InChI is InChI=1S/C21H25N3O4/c1-27-15-20(25)23-18-7-8-19-17(13-18)14-24(11-12-28-19)21(26)22-10-9-16-5-3-2-4-6-16/h2-8,13H,9-12,14-15H2,1H3,(H,22,26)(H,23,25). The van der Waals surface area contributed by atoms with Crippen LogP contribution in [0.15, 0.2) is 48.5 Å². The molecule has 0 saturated heterocycles. The molecule has 3 rings (SSSR count). The molecule has 2 aromatic rings. The molecule has 3 amide bonds. The quantitative estimate of drug-likeness (QED) is 0.803. The Morgan fingerprint density at radius 2 is 2.00 bits per heavy atom. The Morgan fingerprint density at radius 1 is 1.18 bits per heavy atom. The summed E-state index contributed by atoms with van der Waals surface area (Å²) in [6, 6.07) is 15.3. The molecule has 0 saturated carbocycles. The summed E-state index contributed by atoms with van der Waals surface area (Å²) in [5, 5.41) is 5.74. The highest BCUT2D eigenvalue weighted by atomic mass is 16.5. The molecule has 2 aromatic carbocycles. The summed E-state index contributed by atoms with van der Waals surface area (Å²) in [5.74, 6) is 0.497. The second kappa shape index (κ2) is 9.75. The highest BCUT2D eigenvalue weighted by Gasteiger charge is 2.20. The normalized spacial score (nSPS) is 13.1. The zero-order valence-corrected chi connectivity index (χ0v) is 15.9. The fraction of sp³-hybridized carbons (Fsp3) is 0.333. The highest BCUT2D eigenvalue weighted by Crippen LogP contribution is 2.26. The van der Waals surface area contributed by atoms with Crippen LogP contribution in [-0.2, 0) is 22.5 Å². The van der Waals surface area contributed by atoms with E-state index in [1.165, 1.54) is 12.7 Å². The van der Waals surface area contributed by atoms with Crippen LogP contribution in [0.3, 0.4) is 0 Å². The van der Waals surface area contributed by atoms with Crippen LogP contribution >= 0.6 is 0 Å². The molecule has 0 spiro atoms. The average molecular weight is 383 g/mol. The van der Waals surface area contributed by atoms with Crippen LogP contribution in [0.1, 0.15) is 11.1 Å². The van der Waals surface area contributed by atoms with Gasteiger partial charge in [0.25, 0.3) is 0 Å². The van der Waals surface area contributed by atoms with E-state index in [0.29, 0.717) is 31.9 Å². The predicted molar refractivity (Wildman–Crippen MR) is 106 cm³/mol. The minimum atomic E-state index is -0.229. The number of fused-ring (bicyclic) bond motifs is 1. The lowest BCUT2D eigenvalue weighted by Gasteiger charge is -2.20. The van der Waals surface area contributed by atoms with Crippen LogP contribution in [0.2, 0.25) is 0 Å². The van der Waals surface area contributed by atoms with Crippen molar-refractivity contribution in [1.29, 1.82) is 0 Å². The van der Waals surface area contributed by atoms with Crippen LogP contribution in [0, 0.1) is 0 Å². The van der Waals surface area contributed by atoms with E-state index >= 15 is 0 Å². The van der Waals surface area contributed by atoms with Crippen LogP contribution in [0.25, 0.3) is 0 Å². The van der Waals surface area contributed by atoms with E-state index < -0.39 is 0 Å². The van der Waals surface area contributed by atoms with Gasteiger partial charge in [-0.1, -0.05) is 30.3 Å². The van der Waals surface area contributed by atoms with E-state index in [9.17, 15) is 9.59 Å². The van der Waals surface area contributed by atoms with E-state index in [2.05, 4.69) is 10.6 Å². The van der Waals surface area contributed by atoms with Crippen molar-refractivity contribution in [2.75, 3.05) is 38.7 Å². The molecule has 7 nitrogen and oxygen atoms in total. The summed E-state index contributed by atoms with van der Waals surface area (Å²) >= 11 is 0. The van der Waals surface area contributed by atoms with Gasteiger partial charge in [-0.3, -0.25) is 4.79 Å². The molecule has 0 aliphatic carbocycles. The second-order valence-electron chi connectivity index (χ2n) is 6.54. The smallest absolute Gasteiger partial charge is 0.317 e. The maximum atomic E-state index is 12.6. The number of carbonyl (C=O) groups excluding carboxylic acids is 2. The van der Waals surface area contributed by atoms with Gasteiger partial charge in [0, 0.05) is 24.9 Å². The number of rotatable bonds is 6. The van der Waals surface area contributed by atoms with Crippen molar-refractivity contribution in [1.82, 2.24) is 10.2 Å². The van der Waals surface area contributed by atoms with Gasteiger partial charge in [-0.15, -0.1) is 0 Å². The minimum absolute atomic E-state index is 0.0104. The molecule has 0 atom stereocenters. The number of benzene rings is 2. The third-order valence-corrected chi connectivity index (χ3v) is 4.42. The van der Waals surface area contributed by atoms with Crippen LogP contribution < -0.4 is 15.4 Å². The van der Waals surface area contributed by atoms with Crippen molar-refractivity contribution in [2.24, 2.45) is 0 Å². The summed E-state index contributed by atoms with van der Waals surface area (Å²) in [6.07, 6.45) is 0.781. The average Bonchev–Trinajstić information content (AvgIpc) is 2.91. The number of nitrogens with one attached hydrogen (secondary N) is 2. The molecule has 0 fully saturated rings. The predicted octanol–water partition coefficient (Wildman–Crippen LogP) is 2.42. The number of anilines is 1. The monoisotopic (exact) mass is 383 g/mol. The van der Waals surface area contributed by atoms with Crippen molar-refractivity contribution in [3.05, 3.63) is 59.7 Å². The number of hydrogen-bond acceptors (Lipinski definition) is 4. The molecule has 0 unspecified atom stereocenters. The fourth-order valence-electron chi connectivity index (χ4n) is 3.04. The molecule has 148 valence electrons. The van der Waals surface area contributed by atoms with Crippen molar-refractivity contribution in [3.63, 3.8) is 0 Å². The van der Waals surface area contributed by atoms with Gasteiger partial charge in [0.15, 0.2) is 0 Å². The zero-order valence-electron chi connectivity index (χ0n) is 15.9. The molecule has 0 aromatic heterocycles. The number of amides is 3. The van der Waals surface area contributed by atoms with Gasteiger partial charge in [0.2, 0.25) is 5.91 Å². The Morgan fingerprint density at radius 3 is 2.79 bits per heavy atom. The van der Waals surface area contributed by atoms with Crippen molar-refractivity contribution < 1.29 is 19.1 Å². The second-order valence-corrected chi connectivity index (χ2v) is 6.54. The van der Waals surface area contributed by atoms with E-state index in [4.69, 9.17) is 9.47 Å².